The number of hydrogen-bond acceptors (Lipinski definition) is 3. The number of hydrogen-bond donors (Lipinski definition) is 1. The lowest BCUT2D eigenvalue weighted by molar-refractivity contribution is -0.127. The van der Waals surface area contributed by atoms with Gasteiger partial charge in [-0.05, 0) is 37.8 Å². The van der Waals surface area contributed by atoms with E-state index in [0.29, 0.717) is 36.7 Å². The molecule has 0 aromatic heterocycles. The molecule has 128 valence electrons. The topological polar surface area (TPSA) is 66.5 Å². The highest BCUT2D eigenvalue weighted by atomic mass is 32.2. The van der Waals surface area contributed by atoms with Gasteiger partial charge in [0.2, 0.25) is 15.9 Å². The summed E-state index contributed by atoms with van der Waals surface area (Å²) < 4.78 is 26.6. The Balaban J connectivity index is 1.95. The first-order chi connectivity index (χ1) is 10.8. The Morgan fingerprint density at radius 1 is 1.13 bits per heavy atom. The molecule has 1 aromatic carbocycles. The fraction of sp³-hybridized carbons (Fsp3) is 0.588. The molecule has 1 fully saturated rings. The SMILES string of the molecule is CC(C)[C@@H](C)NC(=O)C1CCN(S(=O)(=O)c2ccccc2)CC1. The molecule has 0 aliphatic carbocycles. The molecule has 23 heavy (non-hydrogen) atoms. The highest BCUT2D eigenvalue weighted by molar-refractivity contribution is 7.89. The van der Waals surface area contributed by atoms with Crippen LogP contribution < -0.4 is 5.32 Å². The summed E-state index contributed by atoms with van der Waals surface area (Å²) in [5, 5.41) is 3.03. The van der Waals surface area contributed by atoms with Gasteiger partial charge in [0.1, 0.15) is 0 Å². The first-order valence-electron chi connectivity index (χ1n) is 8.18. The van der Waals surface area contributed by atoms with Crippen molar-refractivity contribution < 1.29 is 13.2 Å². The lowest BCUT2D eigenvalue weighted by Gasteiger charge is -2.31. The molecule has 0 spiro atoms. The number of carbonyl (C=O) groups excluding carboxylic acids is 1. The monoisotopic (exact) mass is 338 g/mol. The smallest absolute Gasteiger partial charge is 0.243 e. The number of carbonyl (C=O) groups is 1. The number of sulfonamides is 1. The van der Waals surface area contributed by atoms with Crippen LogP contribution in [-0.2, 0) is 14.8 Å². The molecule has 1 atom stereocenters. The van der Waals surface area contributed by atoms with Crippen LogP contribution >= 0.6 is 0 Å². The molecule has 5 nitrogen and oxygen atoms in total. The molecule has 6 heteroatoms. The van der Waals surface area contributed by atoms with Crippen LogP contribution in [0.1, 0.15) is 33.6 Å². The predicted molar refractivity (Wildman–Crippen MR) is 90.4 cm³/mol. The Hall–Kier alpha value is -1.40. The van der Waals surface area contributed by atoms with E-state index in [1.807, 2.05) is 6.92 Å². The molecule has 1 saturated heterocycles. The average molecular weight is 338 g/mol. The number of amides is 1. The van der Waals surface area contributed by atoms with Crippen LogP contribution in [0, 0.1) is 11.8 Å². The van der Waals surface area contributed by atoms with E-state index in [2.05, 4.69) is 19.2 Å². The molecule has 1 aromatic rings. The first kappa shape index (κ1) is 17.9. The molecule has 0 radical (unpaired) electrons. The molecule has 1 heterocycles. The van der Waals surface area contributed by atoms with E-state index in [4.69, 9.17) is 0 Å². The van der Waals surface area contributed by atoms with Crippen molar-refractivity contribution in [1.82, 2.24) is 9.62 Å². The largest absolute Gasteiger partial charge is 0.353 e. The minimum Gasteiger partial charge on any atom is -0.353 e. The van der Waals surface area contributed by atoms with Gasteiger partial charge in [0, 0.05) is 25.0 Å². The minimum absolute atomic E-state index is 0.0444. The maximum absolute atomic E-state index is 12.6. The van der Waals surface area contributed by atoms with Crippen molar-refractivity contribution in [2.45, 2.75) is 44.6 Å². The van der Waals surface area contributed by atoms with Gasteiger partial charge < -0.3 is 5.32 Å². The molecule has 1 amide bonds. The quantitative estimate of drug-likeness (QED) is 0.895. The van der Waals surface area contributed by atoms with Crippen molar-refractivity contribution in [2.24, 2.45) is 11.8 Å². The van der Waals surface area contributed by atoms with Crippen molar-refractivity contribution in [3.05, 3.63) is 30.3 Å². The first-order valence-corrected chi connectivity index (χ1v) is 9.62. The zero-order valence-electron chi connectivity index (χ0n) is 14.0. The number of piperidine rings is 1. The van der Waals surface area contributed by atoms with Crippen LogP contribution in [0.4, 0.5) is 0 Å². The highest BCUT2D eigenvalue weighted by Gasteiger charge is 2.32. The van der Waals surface area contributed by atoms with Gasteiger partial charge in [-0.1, -0.05) is 32.0 Å². The summed E-state index contributed by atoms with van der Waals surface area (Å²) in [4.78, 5) is 12.6. The summed E-state index contributed by atoms with van der Waals surface area (Å²) in [5.74, 6) is 0.332. The van der Waals surface area contributed by atoms with E-state index < -0.39 is 10.0 Å². The third kappa shape index (κ3) is 4.32. The van der Waals surface area contributed by atoms with Crippen LogP contribution in [0.25, 0.3) is 0 Å². The number of nitrogens with zero attached hydrogens (tertiary/aromatic N) is 1. The zero-order chi connectivity index (χ0) is 17.0. The van der Waals surface area contributed by atoms with Crippen LogP contribution in [0.15, 0.2) is 35.2 Å². The standard InChI is InChI=1S/C17H26N2O3S/c1-13(2)14(3)18-17(20)15-9-11-19(12-10-15)23(21,22)16-7-5-4-6-8-16/h4-8,13-15H,9-12H2,1-3H3,(H,18,20)/t14-/m1/s1. The van der Waals surface area contributed by atoms with Gasteiger partial charge in [-0.2, -0.15) is 4.31 Å². The lowest BCUT2D eigenvalue weighted by Crippen LogP contribution is -2.45. The van der Waals surface area contributed by atoms with E-state index in [9.17, 15) is 13.2 Å². The van der Waals surface area contributed by atoms with Gasteiger partial charge >= 0.3 is 0 Å². The lowest BCUT2D eigenvalue weighted by atomic mass is 9.96. The Morgan fingerprint density at radius 3 is 2.22 bits per heavy atom. The summed E-state index contributed by atoms with van der Waals surface area (Å²) in [6.07, 6.45) is 1.14. The highest BCUT2D eigenvalue weighted by Crippen LogP contribution is 2.24. The summed E-state index contributed by atoms with van der Waals surface area (Å²) in [7, 11) is -3.45. The second-order valence-corrected chi connectivity index (χ2v) is 8.47. The number of rotatable bonds is 5. The Labute approximate surface area is 139 Å². The Morgan fingerprint density at radius 2 is 1.70 bits per heavy atom. The van der Waals surface area contributed by atoms with Gasteiger partial charge in [-0.3, -0.25) is 4.79 Å². The van der Waals surface area contributed by atoms with E-state index >= 15 is 0 Å². The van der Waals surface area contributed by atoms with E-state index in [0.717, 1.165) is 0 Å². The van der Waals surface area contributed by atoms with Crippen LogP contribution in [0.3, 0.4) is 0 Å². The predicted octanol–water partition coefficient (Wildman–Crippen LogP) is 2.25. The van der Waals surface area contributed by atoms with Crippen molar-refractivity contribution in [2.75, 3.05) is 13.1 Å². The molecule has 2 rings (SSSR count). The average Bonchev–Trinajstić information content (AvgIpc) is 2.55. The van der Waals surface area contributed by atoms with Gasteiger partial charge in [0.15, 0.2) is 0 Å². The van der Waals surface area contributed by atoms with Gasteiger partial charge in [-0.15, -0.1) is 0 Å². The molecule has 0 saturated carbocycles. The fourth-order valence-corrected chi connectivity index (χ4v) is 4.10. The number of nitrogens with one attached hydrogen (secondary N) is 1. The maximum Gasteiger partial charge on any atom is 0.243 e. The van der Waals surface area contributed by atoms with Gasteiger partial charge in [-0.25, -0.2) is 8.42 Å². The number of benzene rings is 1. The van der Waals surface area contributed by atoms with Gasteiger partial charge in [0.25, 0.3) is 0 Å². The summed E-state index contributed by atoms with van der Waals surface area (Å²) in [5.41, 5.74) is 0. The van der Waals surface area contributed by atoms with E-state index in [-0.39, 0.29) is 17.9 Å². The summed E-state index contributed by atoms with van der Waals surface area (Å²) in [6.45, 7) is 6.92. The van der Waals surface area contributed by atoms with Crippen LogP contribution in [0.2, 0.25) is 0 Å². The second kappa shape index (κ2) is 7.45. The molecule has 1 aliphatic rings. The molecule has 1 N–H and O–H groups in total. The molecular formula is C17H26N2O3S. The Bertz CT molecular complexity index is 620. The van der Waals surface area contributed by atoms with E-state index in [1.54, 1.807) is 30.3 Å². The van der Waals surface area contributed by atoms with Crippen molar-refractivity contribution in [1.29, 1.82) is 0 Å². The zero-order valence-corrected chi connectivity index (χ0v) is 14.8. The summed E-state index contributed by atoms with van der Waals surface area (Å²) >= 11 is 0. The molecule has 1 aliphatic heterocycles. The Kier molecular flexibility index (Phi) is 5.81. The van der Waals surface area contributed by atoms with Crippen molar-refractivity contribution >= 4 is 15.9 Å². The van der Waals surface area contributed by atoms with E-state index in [1.165, 1.54) is 4.31 Å². The molecule has 0 bridgehead atoms. The maximum atomic E-state index is 12.6. The van der Waals surface area contributed by atoms with Crippen LogP contribution in [-0.4, -0.2) is 37.8 Å². The van der Waals surface area contributed by atoms with Crippen molar-refractivity contribution in [3.8, 4) is 0 Å². The van der Waals surface area contributed by atoms with Crippen molar-refractivity contribution in [3.63, 3.8) is 0 Å². The third-order valence-corrected chi connectivity index (χ3v) is 6.49. The van der Waals surface area contributed by atoms with Gasteiger partial charge in [0.05, 0.1) is 4.90 Å². The minimum atomic E-state index is -3.45. The fourth-order valence-electron chi connectivity index (χ4n) is 2.61. The molecule has 0 unspecified atom stereocenters. The van der Waals surface area contributed by atoms with Crippen LogP contribution in [0.5, 0.6) is 0 Å². The second-order valence-electron chi connectivity index (χ2n) is 6.53. The third-order valence-electron chi connectivity index (χ3n) is 4.58. The summed E-state index contributed by atoms with van der Waals surface area (Å²) in [6, 6.07) is 8.59. The normalized spacial score (nSPS) is 18.8. The molecular weight excluding hydrogens is 312 g/mol.